The molecule has 0 radical (unpaired) electrons. The van der Waals surface area contributed by atoms with Gasteiger partial charge < -0.3 is 24.8 Å². The van der Waals surface area contributed by atoms with Gasteiger partial charge in [-0.3, -0.25) is 9.78 Å². The van der Waals surface area contributed by atoms with Crippen LogP contribution in [-0.4, -0.2) is 32.7 Å². The Hall–Kier alpha value is -4.24. The van der Waals surface area contributed by atoms with Crippen LogP contribution in [0.4, 0.5) is 11.4 Å². The summed E-state index contributed by atoms with van der Waals surface area (Å²) in [4.78, 5) is 24.2. The number of aryl methyl sites for hydroxylation is 2. The zero-order valence-corrected chi connectivity index (χ0v) is 25.3. The molecule has 212 valence electrons. The van der Waals surface area contributed by atoms with Crippen LogP contribution in [0.25, 0.3) is 5.82 Å². The highest BCUT2D eigenvalue weighted by Gasteiger charge is 2.42. The second-order valence-electron chi connectivity index (χ2n) is 11.4. The average Bonchev–Trinajstić information content (AvgIpc) is 3.44. The first kappa shape index (κ1) is 28.3. The number of rotatable bonds is 6. The molecule has 0 unspecified atom stereocenters. The van der Waals surface area contributed by atoms with Crippen molar-refractivity contribution in [2.75, 3.05) is 17.3 Å². The highest BCUT2D eigenvalue weighted by Crippen LogP contribution is 2.45. The standard InChI is InChI=1S/C32H36N6O2S/c1-19-11-14-27(34-18-19)37-20(2)16-23(21(37)3)29-28(25-10-8-9-15-33-25)36-31(41)38(29)22-12-13-24(26(17-22)40-7)35-30(39)32(4,5)6/h8-18,28-29H,1-7H3,(H,35,39)(H,36,41)/t28-,29-/m0/s1. The van der Waals surface area contributed by atoms with Crippen LogP contribution < -0.4 is 20.3 Å². The van der Waals surface area contributed by atoms with E-state index in [0.717, 1.165) is 39.7 Å². The second kappa shape index (κ2) is 11.0. The van der Waals surface area contributed by atoms with Crippen LogP contribution in [0.5, 0.6) is 5.75 Å². The van der Waals surface area contributed by atoms with Gasteiger partial charge in [-0.1, -0.05) is 32.9 Å². The van der Waals surface area contributed by atoms with Gasteiger partial charge in [0.2, 0.25) is 5.91 Å². The number of hydrogen-bond donors (Lipinski definition) is 2. The fourth-order valence-electron chi connectivity index (χ4n) is 5.22. The van der Waals surface area contributed by atoms with Gasteiger partial charge >= 0.3 is 0 Å². The fourth-order valence-corrected chi connectivity index (χ4v) is 5.57. The van der Waals surface area contributed by atoms with Crippen molar-refractivity contribution in [3.63, 3.8) is 0 Å². The number of hydrogen-bond acceptors (Lipinski definition) is 5. The lowest BCUT2D eigenvalue weighted by molar-refractivity contribution is -0.123. The Morgan fingerprint density at radius 1 is 1.05 bits per heavy atom. The van der Waals surface area contributed by atoms with Crippen molar-refractivity contribution in [1.82, 2.24) is 19.9 Å². The molecular weight excluding hydrogens is 532 g/mol. The Morgan fingerprint density at radius 2 is 1.83 bits per heavy atom. The first-order valence-electron chi connectivity index (χ1n) is 13.6. The zero-order valence-electron chi connectivity index (χ0n) is 24.5. The van der Waals surface area contributed by atoms with E-state index in [2.05, 4.69) is 51.1 Å². The molecule has 1 fully saturated rings. The third-order valence-corrected chi connectivity index (χ3v) is 7.72. The van der Waals surface area contributed by atoms with Gasteiger partial charge in [-0.05, 0) is 80.5 Å². The minimum Gasteiger partial charge on any atom is -0.494 e. The predicted octanol–water partition coefficient (Wildman–Crippen LogP) is 6.36. The number of amides is 1. The summed E-state index contributed by atoms with van der Waals surface area (Å²) in [5, 5.41) is 7.11. The number of benzene rings is 1. The number of nitrogens with one attached hydrogen (secondary N) is 2. The van der Waals surface area contributed by atoms with Gasteiger partial charge in [-0.2, -0.15) is 0 Å². The summed E-state index contributed by atoms with van der Waals surface area (Å²) in [6.07, 6.45) is 3.68. The van der Waals surface area contributed by atoms with Crippen LogP contribution in [0.15, 0.2) is 67.0 Å². The van der Waals surface area contributed by atoms with Gasteiger partial charge in [-0.15, -0.1) is 0 Å². The van der Waals surface area contributed by atoms with E-state index in [1.807, 2.05) is 76.4 Å². The summed E-state index contributed by atoms with van der Waals surface area (Å²) in [7, 11) is 1.60. The molecule has 0 spiro atoms. The second-order valence-corrected chi connectivity index (χ2v) is 11.8. The number of nitrogens with zero attached hydrogens (tertiary/aromatic N) is 4. The highest BCUT2D eigenvalue weighted by atomic mass is 32.1. The first-order chi connectivity index (χ1) is 19.5. The van der Waals surface area contributed by atoms with Gasteiger partial charge in [0, 0.05) is 41.0 Å². The normalized spacial score (nSPS) is 17.0. The maximum atomic E-state index is 12.7. The molecule has 41 heavy (non-hydrogen) atoms. The molecule has 0 saturated carbocycles. The molecule has 4 heterocycles. The molecule has 1 saturated heterocycles. The topological polar surface area (TPSA) is 84.3 Å². The number of methoxy groups -OCH3 is 1. The maximum absolute atomic E-state index is 12.7. The van der Waals surface area contributed by atoms with Crippen molar-refractivity contribution < 1.29 is 9.53 Å². The van der Waals surface area contributed by atoms with E-state index in [1.54, 1.807) is 13.3 Å². The Kier molecular flexibility index (Phi) is 7.57. The van der Waals surface area contributed by atoms with Gasteiger partial charge in [0.1, 0.15) is 11.6 Å². The van der Waals surface area contributed by atoms with E-state index in [9.17, 15) is 4.79 Å². The lowest BCUT2D eigenvalue weighted by atomic mass is 9.95. The van der Waals surface area contributed by atoms with Crippen molar-refractivity contribution in [3.05, 3.63) is 95.2 Å². The smallest absolute Gasteiger partial charge is 0.229 e. The van der Waals surface area contributed by atoms with E-state index < -0.39 is 5.41 Å². The Bertz CT molecular complexity index is 1590. The lowest BCUT2D eigenvalue weighted by Gasteiger charge is -2.29. The summed E-state index contributed by atoms with van der Waals surface area (Å²) >= 11 is 5.96. The molecule has 8 nitrogen and oxygen atoms in total. The van der Waals surface area contributed by atoms with Crippen molar-refractivity contribution in [3.8, 4) is 11.6 Å². The SMILES string of the molecule is COc1cc(N2C(=S)N[C@@H](c3ccccn3)[C@@H]2c2cc(C)n(-c3ccc(C)cn3)c2C)ccc1NC(=O)C(C)(C)C. The number of thiocarbonyl (C=S) groups is 1. The monoisotopic (exact) mass is 568 g/mol. The Balaban J connectivity index is 1.62. The molecule has 0 aliphatic carbocycles. The average molecular weight is 569 g/mol. The molecule has 1 aromatic carbocycles. The van der Waals surface area contributed by atoms with E-state index in [-0.39, 0.29) is 18.0 Å². The molecule has 1 aliphatic rings. The Labute approximate surface area is 246 Å². The molecule has 0 bridgehead atoms. The number of aromatic nitrogens is 3. The van der Waals surface area contributed by atoms with E-state index in [0.29, 0.717) is 16.5 Å². The molecule has 1 amide bonds. The maximum Gasteiger partial charge on any atom is 0.229 e. The third-order valence-electron chi connectivity index (χ3n) is 7.40. The van der Waals surface area contributed by atoms with Gasteiger partial charge in [0.25, 0.3) is 0 Å². The van der Waals surface area contributed by atoms with Gasteiger partial charge in [0.05, 0.1) is 30.6 Å². The minimum atomic E-state index is -0.542. The largest absolute Gasteiger partial charge is 0.494 e. The van der Waals surface area contributed by atoms with Gasteiger partial charge in [0.15, 0.2) is 5.11 Å². The summed E-state index contributed by atoms with van der Waals surface area (Å²) < 4.78 is 7.91. The van der Waals surface area contributed by atoms with Crippen LogP contribution in [0.1, 0.15) is 61.1 Å². The van der Waals surface area contributed by atoms with Crippen molar-refractivity contribution in [2.45, 2.75) is 53.6 Å². The highest BCUT2D eigenvalue weighted by molar-refractivity contribution is 7.80. The predicted molar refractivity (Wildman–Crippen MR) is 167 cm³/mol. The van der Waals surface area contributed by atoms with Crippen molar-refractivity contribution in [2.24, 2.45) is 5.41 Å². The van der Waals surface area contributed by atoms with Crippen LogP contribution in [0.3, 0.4) is 0 Å². The molecule has 3 aromatic heterocycles. The number of carbonyl (C=O) groups is 1. The van der Waals surface area contributed by atoms with Crippen LogP contribution >= 0.6 is 12.2 Å². The molecule has 5 rings (SSSR count). The molecular formula is C32H36N6O2S. The number of anilines is 2. The first-order valence-corrected chi connectivity index (χ1v) is 14.0. The number of carbonyl (C=O) groups excluding carboxylic acids is 1. The molecule has 2 atom stereocenters. The summed E-state index contributed by atoms with van der Waals surface area (Å²) in [5.41, 5.74) is 6.16. The summed E-state index contributed by atoms with van der Waals surface area (Å²) in [6.45, 7) is 11.9. The van der Waals surface area contributed by atoms with E-state index in [1.165, 1.54) is 0 Å². The quantitative estimate of drug-likeness (QED) is 0.262. The summed E-state index contributed by atoms with van der Waals surface area (Å²) in [6, 6.07) is 17.6. The molecule has 4 aromatic rings. The molecule has 1 aliphatic heterocycles. The third kappa shape index (κ3) is 5.41. The van der Waals surface area contributed by atoms with E-state index in [4.69, 9.17) is 21.9 Å². The number of pyridine rings is 2. The molecule has 2 N–H and O–H groups in total. The zero-order chi connectivity index (χ0) is 29.5. The minimum absolute atomic E-state index is 0.0906. The number of ether oxygens (including phenoxy) is 1. The van der Waals surface area contributed by atoms with Crippen LogP contribution in [0.2, 0.25) is 0 Å². The van der Waals surface area contributed by atoms with E-state index >= 15 is 0 Å². The molecule has 9 heteroatoms. The Morgan fingerprint density at radius 3 is 2.46 bits per heavy atom. The van der Waals surface area contributed by atoms with Gasteiger partial charge in [-0.25, -0.2) is 4.98 Å². The van der Waals surface area contributed by atoms with Crippen molar-refractivity contribution in [1.29, 1.82) is 0 Å². The van der Waals surface area contributed by atoms with Crippen LogP contribution in [-0.2, 0) is 4.79 Å². The summed E-state index contributed by atoms with van der Waals surface area (Å²) in [5.74, 6) is 1.33. The lowest BCUT2D eigenvalue weighted by Crippen LogP contribution is -2.30. The fraction of sp³-hybridized carbons (Fsp3) is 0.312. The van der Waals surface area contributed by atoms with Crippen LogP contribution in [0, 0.1) is 26.2 Å². The van der Waals surface area contributed by atoms with Crippen molar-refractivity contribution >= 4 is 34.6 Å².